The van der Waals surface area contributed by atoms with Gasteiger partial charge in [-0.15, -0.1) is 0 Å². The Labute approximate surface area is 547 Å². The number of hydrogen-bond acceptors (Lipinski definition) is 25. The number of aromatic carboxylic acids is 1. The summed E-state index contributed by atoms with van der Waals surface area (Å²) < 4.78 is 85.8. The van der Waals surface area contributed by atoms with E-state index in [1.807, 2.05) is 0 Å². The molecule has 2 amide bonds. The van der Waals surface area contributed by atoms with Crippen LogP contribution in [0.15, 0.2) is 99.6 Å². The summed E-state index contributed by atoms with van der Waals surface area (Å²) in [7, 11) is -9.27. The van der Waals surface area contributed by atoms with Gasteiger partial charge in [-0.2, -0.15) is 4.98 Å². The summed E-state index contributed by atoms with van der Waals surface area (Å²) >= 11 is 0. The second-order valence-corrected chi connectivity index (χ2v) is 24.7. The number of phosphoric acid groups is 2. The Morgan fingerprint density at radius 2 is 1.25 bits per heavy atom. The minimum absolute atomic E-state index is 0.000783. The predicted molar refractivity (Wildman–Crippen MR) is 341 cm³/mol. The number of aromatic amines is 1. The van der Waals surface area contributed by atoms with Crippen LogP contribution >= 0.6 is 15.6 Å². The summed E-state index contributed by atoms with van der Waals surface area (Å²) in [5.41, 5.74) is 4.00. The predicted octanol–water partition coefficient (Wildman–Crippen LogP) is 3.23. The van der Waals surface area contributed by atoms with Crippen LogP contribution < -0.4 is 33.3 Å². The molecule has 2 saturated heterocycles. The number of nitrogens with two attached hydrogens (primary N) is 1. The highest BCUT2D eigenvalue weighted by Crippen LogP contribution is 2.48. The van der Waals surface area contributed by atoms with Crippen molar-refractivity contribution < 1.29 is 110 Å². The third kappa shape index (κ3) is 21.9. The van der Waals surface area contributed by atoms with E-state index in [0.29, 0.717) is 59.3 Å². The molecule has 0 saturated carbocycles. The molecule has 6 aromatic rings. The Bertz CT molecular complexity index is 3880. The summed E-state index contributed by atoms with van der Waals surface area (Å²) in [5, 5.41) is 59.0. The lowest BCUT2D eigenvalue weighted by atomic mass is 9.88. The van der Waals surface area contributed by atoms with Gasteiger partial charge in [0, 0.05) is 50.0 Å². The van der Waals surface area contributed by atoms with Gasteiger partial charge >= 0.3 is 33.0 Å². The highest BCUT2D eigenvalue weighted by Gasteiger charge is 2.42. The van der Waals surface area contributed by atoms with Crippen LogP contribution in [0.1, 0.15) is 77.3 Å². The zero-order chi connectivity index (χ0) is 68.8. The molecule has 2 aliphatic rings. The minimum atomic E-state index is -4.76. The molecule has 0 aliphatic carbocycles. The van der Waals surface area contributed by atoms with Crippen LogP contribution in [-0.2, 0) is 65.2 Å². The molecule has 2 aromatic heterocycles. The number of nitrogens with one attached hydrogen (secondary N) is 3. The lowest BCUT2D eigenvalue weighted by molar-refractivity contribution is -0.116. The first-order valence-corrected chi connectivity index (χ1v) is 33.5. The number of nitrogen functional groups attached to an aromatic ring is 1. The van der Waals surface area contributed by atoms with Crippen molar-refractivity contribution >= 4 is 66.9 Å². The van der Waals surface area contributed by atoms with Crippen LogP contribution in [-0.4, -0.2) is 202 Å². The van der Waals surface area contributed by atoms with Gasteiger partial charge in [-0.3, -0.25) is 46.6 Å². The van der Waals surface area contributed by atoms with Crippen LogP contribution in [0.3, 0.4) is 0 Å². The number of rotatable bonds is 40. The molecule has 0 radical (unpaired) electrons. The fraction of sp³-hybridized carbons (Fsp3) is 0.459. The number of phenolic OH excluding ortho intramolecular Hbond substituents is 2. The van der Waals surface area contributed by atoms with Gasteiger partial charge in [-0.25, -0.2) is 23.5 Å². The first-order chi connectivity index (χ1) is 46.1. The number of carbonyl (C=O) groups is 3. The third-order valence-electron chi connectivity index (χ3n) is 15.0. The van der Waals surface area contributed by atoms with Gasteiger partial charge in [-0.1, -0.05) is 25.0 Å². The molecule has 8 atom stereocenters. The summed E-state index contributed by atoms with van der Waals surface area (Å²) in [6.45, 7) is 0.225. The largest absolute Gasteiger partial charge is 0.508 e. The molecule has 4 heterocycles. The fourth-order valence-corrected chi connectivity index (χ4v) is 11.9. The monoisotopic (exact) mass is 1390 g/mol. The van der Waals surface area contributed by atoms with E-state index in [2.05, 4.69) is 20.6 Å². The number of unbranched alkanes of at least 4 members (excludes halogenated alkanes) is 3. The molecule has 4 unspecified atom stereocenters. The number of ether oxygens (including phenoxy) is 7. The number of aromatic nitrogens is 4. The smallest absolute Gasteiger partial charge is 0.472 e. The van der Waals surface area contributed by atoms with Crippen molar-refractivity contribution in [3.8, 4) is 22.6 Å². The van der Waals surface area contributed by atoms with Crippen LogP contribution in [0.5, 0.6) is 11.5 Å². The topological polar surface area (TPSA) is 468 Å². The molecule has 2 fully saturated rings. The molecular formula is C61H77N7O26P2. The van der Waals surface area contributed by atoms with E-state index in [0.717, 1.165) is 21.4 Å². The number of H-pyrrole nitrogens is 1. The number of carboxylic acid groups (broad SMARTS) is 1. The van der Waals surface area contributed by atoms with E-state index in [9.17, 15) is 73.2 Å². The summed E-state index contributed by atoms with van der Waals surface area (Å²) in [6, 6.07) is 16.9. The zero-order valence-electron chi connectivity index (χ0n) is 51.9. The van der Waals surface area contributed by atoms with Crippen molar-refractivity contribution in [1.29, 1.82) is 0 Å². The van der Waals surface area contributed by atoms with Gasteiger partial charge in [0.25, 0.3) is 11.5 Å². The molecule has 4 aromatic carbocycles. The normalized spacial score (nSPS) is 19.2. The van der Waals surface area contributed by atoms with Gasteiger partial charge in [-0.05, 0) is 106 Å². The highest BCUT2D eigenvalue weighted by atomic mass is 31.2. The standard InChI is InChI=1S/C61H77N7O26P2/c62-52-13-16-67(60(78)65-52)54-33-48(72)51(93-54)37-91-95(80,81)89-27-25-87-23-21-85-19-17-84-18-20-86-22-24-88-26-28-90-96(82,83)94-49-34-55(92-50(49)36-69)68-35-39(58(75)66-61(68)79)6-12-53(73)63-14-3-1-2-4-15-64-57(74)38-5-9-46(59(76)77)47(32-38)56-44-10-7-42(70)30-40(44)29-41-31-43(71)8-11-45(41)56/h5-13,16,29-32,35,48-51,54-55,69-72H,1-4,14-15,17-28,33-34,36-37H2,(H,63,73)(H,64,74)(H,76,77)(H,80,81)(H,82,83)(H2,62,65,78)(H,66,75,79)/t48?,49?,50-,51-,54-,55-/m1/s1. The van der Waals surface area contributed by atoms with Crippen molar-refractivity contribution in [2.45, 2.75) is 75.4 Å². The first kappa shape index (κ1) is 74.2. The van der Waals surface area contributed by atoms with E-state index in [-0.39, 0.29) is 138 Å². The number of nitrogens with zero attached hydrogens (tertiary/aromatic N) is 3. The molecule has 522 valence electrons. The molecule has 2 aliphatic heterocycles. The van der Waals surface area contributed by atoms with Gasteiger partial charge in [0.05, 0.1) is 110 Å². The second-order valence-electron chi connectivity index (χ2n) is 21.8. The van der Waals surface area contributed by atoms with Crippen LogP contribution in [0.25, 0.3) is 38.7 Å². The number of aliphatic hydroxyl groups is 2. The number of amides is 2. The maximum Gasteiger partial charge on any atom is 0.472 e. The number of aromatic hydroxyl groups is 2. The maximum atomic E-state index is 13.4. The Kier molecular flexibility index (Phi) is 27.9. The summed E-state index contributed by atoms with van der Waals surface area (Å²) in [5.74, 6) is -2.13. The Morgan fingerprint density at radius 1 is 0.688 bits per heavy atom. The van der Waals surface area contributed by atoms with Gasteiger partial charge in [0.1, 0.15) is 48.1 Å². The number of fused-ring (bicyclic) bond motifs is 2. The van der Waals surface area contributed by atoms with Crippen LogP contribution in [0.2, 0.25) is 0 Å². The number of anilines is 1. The Hall–Kier alpha value is -7.63. The molecule has 0 bridgehead atoms. The Balaban J connectivity index is 0.636. The summed E-state index contributed by atoms with van der Waals surface area (Å²) in [4.78, 5) is 103. The number of carboxylic acids is 1. The van der Waals surface area contributed by atoms with Crippen molar-refractivity contribution in [2.75, 3.05) is 111 Å². The first-order valence-electron chi connectivity index (χ1n) is 30.5. The number of aliphatic hydroxyl groups excluding tert-OH is 2. The second kappa shape index (κ2) is 36.1. The van der Waals surface area contributed by atoms with E-state index in [1.54, 1.807) is 18.2 Å². The van der Waals surface area contributed by atoms with Gasteiger partial charge in [0.2, 0.25) is 5.91 Å². The molecule has 35 heteroatoms. The quantitative estimate of drug-likeness (QED) is 0.0114. The number of phosphoric ester groups is 2. The number of benzene rings is 4. The van der Waals surface area contributed by atoms with E-state index in [4.69, 9.17) is 57.0 Å². The lowest BCUT2D eigenvalue weighted by Gasteiger charge is -2.19. The van der Waals surface area contributed by atoms with Crippen molar-refractivity contribution in [1.82, 2.24) is 29.7 Å². The number of hydrogen-bond donors (Lipinski definition) is 11. The highest BCUT2D eigenvalue weighted by molar-refractivity contribution is 7.47. The summed E-state index contributed by atoms with van der Waals surface area (Å²) in [6.07, 6.45) is 0.574. The molecule has 8 rings (SSSR count). The SMILES string of the molecule is Nc1ccn([C@H]2CC(O)[C@@H](COP(=O)(O)OCCOCCOCCOCCOCCOCCOP(=O)(O)OC3C[C@H](n4cc(C=CC(=O)NCCCCCCNC(=O)c5ccc(C(=O)O)c(-c6c7ccc(O)cc7cc7cc(O)ccc67)c5)c(=O)[nH]c4=O)O[C@@H]3CO)O2)c(=O)n1. The molecule has 0 spiro atoms. The van der Waals surface area contributed by atoms with Crippen molar-refractivity contribution in [3.05, 3.63) is 133 Å². The van der Waals surface area contributed by atoms with E-state index >= 15 is 0 Å². The number of carbonyl (C=O) groups excluding carboxylic acids is 2. The molecule has 96 heavy (non-hydrogen) atoms. The van der Waals surface area contributed by atoms with Crippen molar-refractivity contribution in [3.63, 3.8) is 0 Å². The zero-order valence-corrected chi connectivity index (χ0v) is 53.7. The average molecular weight is 1390 g/mol. The Morgan fingerprint density at radius 3 is 1.83 bits per heavy atom. The minimum Gasteiger partial charge on any atom is -0.508 e. The fourth-order valence-electron chi connectivity index (χ4n) is 10.3. The lowest BCUT2D eigenvalue weighted by Crippen LogP contribution is -2.33. The van der Waals surface area contributed by atoms with Crippen LogP contribution in [0.4, 0.5) is 5.82 Å². The van der Waals surface area contributed by atoms with E-state index in [1.165, 1.54) is 60.8 Å². The molecule has 33 nitrogen and oxygen atoms in total. The van der Waals surface area contributed by atoms with Crippen molar-refractivity contribution in [2.24, 2.45) is 0 Å². The third-order valence-corrected chi connectivity index (χ3v) is 17.0. The van der Waals surface area contributed by atoms with E-state index < -0.39 is 100 Å². The molecule has 12 N–H and O–H groups in total. The maximum absolute atomic E-state index is 13.4. The number of phenols is 2. The van der Waals surface area contributed by atoms with Gasteiger partial charge < -0.3 is 84.8 Å². The average Bonchev–Trinajstić information content (AvgIpc) is 0.942. The van der Waals surface area contributed by atoms with Crippen LogP contribution in [0, 0.1) is 0 Å². The molecular weight excluding hydrogens is 1310 g/mol. The van der Waals surface area contributed by atoms with Gasteiger partial charge in [0.15, 0.2) is 0 Å².